The first kappa shape index (κ1) is 20.9. The number of carbonyl (C=O) groups is 1. The van der Waals surface area contributed by atoms with E-state index in [2.05, 4.69) is 11.1 Å². The number of aromatic nitrogens is 3. The minimum atomic E-state index is -0.613. The quantitative estimate of drug-likeness (QED) is 0.540. The Hall–Kier alpha value is -3.72. The molecule has 0 unspecified atom stereocenters. The highest BCUT2D eigenvalue weighted by Crippen LogP contribution is 2.52. The Morgan fingerprint density at radius 1 is 1.18 bits per heavy atom. The number of pyridine rings is 1. The maximum Gasteiger partial charge on any atom is 0.176 e. The molecule has 1 fully saturated rings. The van der Waals surface area contributed by atoms with Crippen LogP contribution in [0.15, 0.2) is 54.2 Å². The molecule has 5 nitrogen and oxygen atoms in total. The Kier molecular flexibility index (Phi) is 4.54. The van der Waals surface area contributed by atoms with Crippen molar-refractivity contribution in [1.82, 2.24) is 15.0 Å². The van der Waals surface area contributed by atoms with Gasteiger partial charge in [-0.1, -0.05) is 32.1 Å². The topological polar surface area (TPSA) is 79.5 Å². The van der Waals surface area contributed by atoms with E-state index in [1.165, 1.54) is 6.07 Å². The molecule has 1 saturated carbocycles. The summed E-state index contributed by atoms with van der Waals surface area (Å²) in [5.41, 5.74) is 4.04. The van der Waals surface area contributed by atoms with Crippen molar-refractivity contribution >= 4 is 5.78 Å². The fourth-order valence-electron chi connectivity index (χ4n) is 5.68. The molecule has 0 aliphatic heterocycles. The summed E-state index contributed by atoms with van der Waals surface area (Å²) in [7, 11) is 0. The molecule has 2 heterocycles. The van der Waals surface area contributed by atoms with E-state index < -0.39 is 5.41 Å². The smallest absolute Gasteiger partial charge is 0.176 e. The van der Waals surface area contributed by atoms with Crippen LogP contribution in [0, 0.1) is 29.0 Å². The highest BCUT2D eigenvalue weighted by Gasteiger charge is 2.52. The third kappa shape index (κ3) is 3.03. The summed E-state index contributed by atoms with van der Waals surface area (Å²) in [6, 6.07) is 12.6. The van der Waals surface area contributed by atoms with Crippen LogP contribution in [0.5, 0.6) is 0 Å². The van der Waals surface area contributed by atoms with Gasteiger partial charge in [0.15, 0.2) is 11.6 Å². The number of hydrogen-bond donors (Lipinski definition) is 0. The van der Waals surface area contributed by atoms with Gasteiger partial charge in [-0.05, 0) is 49.4 Å². The lowest BCUT2D eigenvalue weighted by atomic mass is 9.65. The van der Waals surface area contributed by atoms with Gasteiger partial charge < -0.3 is 0 Å². The number of nitriles is 1. The van der Waals surface area contributed by atoms with Crippen LogP contribution in [0.4, 0.5) is 4.39 Å². The molecule has 3 aliphatic rings. The molecule has 0 N–H and O–H groups in total. The maximum atomic E-state index is 15.0. The lowest BCUT2D eigenvalue weighted by molar-refractivity contribution is -0.121. The van der Waals surface area contributed by atoms with Gasteiger partial charge in [0.1, 0.15) is 11.9 Å². The molecule has 2 aromatic heterocycles. The van der Waals surface area contributed by atoms with Crippen molar-refractivity contribution in [2.75, 3.05) is 0 Å². The summed E-state index contributed by atoms with van der Waals surface area (Å²) in [6.45, 7) is 3.91. The molecular formula is C28H23FN4O. The fourth-order valence-corrected chi connectivity index (χ4v) is 5.68. The Morgan fingerprint density at radius 2 is 1.97 bits per heavy atom. The van der Waals surface area contributed by atoms with Crippen LogP contribution in [-0.4, -0.2) is 20.7 Å². The largest absolute Gasteiger partial charge is 0.293 e. The summed E-state index contributed by atoms with van der Waals surface area (Å²) in [5.74, 6) is 0.106. The molecule has 0 radical (unpaired) electrons. The Balaban J connectivity index is 1.61. The Bertz CT molecular complexity index is 1430. The van der Waals surface area contributed by atoms with Crippen LogP contribution >= 0.6 is 0 Å². The van der Waals surface area contributed by atoms with Crippen molar-refractivity contribution in [3.8, 4) is 28.7 Å². The van der Waals surface area contributed by atoms with Crippen LogP contribution < -0.4 is 0 Å². The van der Waals surface area contributed by atoms with Crippen LogP contribution in [0.25, 0.3) is 22.6 Å². The SMILES string of the molecule is C[C@H]1C(=O)C(C#N)=C[C@@]2(C)c3nc(-c4ccnc(C5CC5)c4)nc(-c4ccccc4F)c3C[C@H]12. The zero-order chi connectivity index (χ0) is 23.6. The number of carbonyl (C=O) groups excluding carboxylic acids is 1. The van der Waals surface area contributed by atoms with Crippen LogP contribution in [-0.2, 0) is 16.6 Å². The second-order valence-corrected chi connectivity index (χ2v) is 9.86. The number of halogens is 1. The highest BCUT2D eigenvalue weighted by molar-refractivity contribution is 6.02. The maximum absolute atomic E-state index is 15.0. The second-order valence-electron chi connectivity index (χ2n) is 9.86. The number of ketones is 1. The zero-order valence-corrected chi connectivity index (χ0v) is 19.0. The minimum absolute atomic E-state index is 0.0679. The summed E-state index contributed by atoms with van der Waals surface area (Å²) in [5, 5.41) is 9.62. The van der Waals surface area contributed by atoms with Gasteiger partial charge in [-0.25, -0.2) is 14.4 Å². The average Bonchev–Trinajstić information content (AvgIpc) is 3.66. The summed E-state index contributed by atoms with van der Waals surface area (Å²) < 4.78 is 15.0. The predicted molar refractivity (Wildman–Crippen MR) is 125 cm³/mol. The second kappa shape index (κ2) is 7.39. The summed E-state index contributed by atoms with van der Waals surface area (Å²) >= 11 is 0. The van der Waals surface area contributed by atoms with E-state index in [-0.39, 0.29) is 29.0 Å². The first-order valence-corrected chi connectivity index (χ1v) is 11.7. The van der Waals surface area contributed by atoms with Crippen molar-refractivity contribution < 1.29 is 9.18 Å². The number of allylic oxidation sites excluding steroid dienone is 2. The molecule has 0 bridgehead atoms. The number of benzene rings is 1. The first-order chi connectivity index (χ1) is 16.4. The molecule has 168 valence electrons. The van der Waals surface area contributed by atoms with E-state index in [0.717, 1.165) is 35.4 Å². The summed E-state index contributed by atoms with van der Waals surface area (Å²) in [6.07, 6.45) is 6.38. The van der Waals surface area contributed by atoms with Gasteiger partial charge in [-0.2, -0.15) is 5.26 Å². The molecule has 0 saturated heterocycles. The molecule has 3 atom stereocenters. The third-order valence-electron chi connectivity index (χ3n) is 7.72. The number of rotatable bonds is 3. The Labute approximate surface area is 197 Å². The molecule has 3 aliphatic carbocycles. The van der Waals surface area contributed by atoms with Gasteiger partial charge in [-0.15, -0.1) is 0 Å². The van der Waals surface area contributed by atoms with Crippen LogP contribution in [0.1, 0.15) is 49.6 Å². The lowest BCUT2D eigenvalue weighted by Gasteiger charge is -2.36. The monoisotopic (exact) mass is 450 g/mol. The van der Waals surface area contributed by atoms with Gasteiger partial charge in [0, 0.05) is 45.8 Å². The standard InChI is InChI=1S/C28H23FN4O/c1-15-21-12-20-24(19-5-3-4-6-22(19)29)32-27(17-9-10-31-23(11-17)16-7-8-16)33-26(20)28(21,2)13-18(14-30)25(15)34/h3-6,9-11,13,15-16,21H,7-8,12H2,1-2H3/t15-,21-,28-/m1/s1. The van der Waals surface area contributed by atoms with Crippen molar-refractivity contribution in [3.63, 3.8) is 0 Å². The van der Waals surface area contributed by atoms with Gasteiger partial charge in [0.05, 0.1) is 17.0 Å². The molecule has 6 rings (SSSR count). The predicted octanol–water partition coefficient (Wildman–Crippen LogP) is 5.32. The van der Waals surface area contributed by atoms with E-state index in [0.29, 0.717) is 29.4 Å². The van der Waals surface area contributed by atoms with Gasteiger partial charge in [-0.3, -0.25) is 9.78 Å². The van der Waals surface area contributed by atoms with Crippen LogP contribution in [0.2, 0.25) is 0 Å². The van der Waals surface area contributed by atoms with E-state index in [1.807, 2.05) is 26.0 Å². The van der Waals surface area contributed by atoms with Gasteiger partial charge >= 0.3 is 0 Å². The molecular weight excluding hydrogens is 427 g/mol. The molecule has 3 aromatic rings. The van der Waals surface area contributed by atoms with Crippen molar-refractivity contribution in [2.24, 2.45) is 11.8 Å². The summed E-state index contributed by atoms with van der Waals surface area (Å²) in [4.78, 5) is 27.2. The molecule has 0 spiro atoms. The minimum Gasteiger partial charge on any atom is -0.293 e. The highest BCUT2D eigenvalue weighted by atomic mass is 19.1. The molecule has 34 heavy (non-hydrogen) atoms. The number of fused-ring (bicyclic) bond motifs is 3. The van der Waals surface area contributed by atoms with Crippen molar-refractivity contribution in [2.45, 2.75) is 44.4 Å². The Morgan fingerprint density at radius 3 is 2.71 bits per heavy atom. The van der Waals surface area contributed by atoms with Crippen molar-refractivity contribution in [3.05, 3.63) is 77.0 Å². The first-order valence-electron chi connectivity index (χ1n) is 11.7. The fraction of sp³-hybridized carbons (Fsp3) is 0.321. The van der Waals surface area contributed by atoms with Crippen molar-refractivity contribution in [1.29, 1.82) is 5.26 Å². The van der Waals surface area contributed by atoms with E-state index in [1.54, 1.807) is 30.5 Å². The van der Waals surface area contributed by atoms with Gasteiger partial charge in [0.2, 0.25) is 0 Å². The van der Waals surface area contributed by atoms with Gasteiger partial charge in [0.25, 0.3) is 0 Å². The lowest BCUT2D eigenvalue weighted by Crippen LogP contribution is -2.40. The third-order valence-corrected chi connectivity index (χ3v) is 7.72. The average molecular weight is 451 g/mol. The molecule has 6 heteroatoms. The van der Waals surface area contributed by atoms with E-state index in [4.69, 9.17) is 9.97 Å². The normalized spacial score (nSPS) is 25.4. The van der Waals surface area contributed by atoms with E-state index >= 15 is 0 Å². The van der Waals surface area contributed by atoms with E-state index in [9.17, 15) is 14.4 Å². The molecule has 1 aromatic carbocycles. The number of Topliss-reactive ketones (excluding diaryl/α,β-unsaturated/α-hetero) is 1. The van der Waals surface area contributed by atoms with Crippen LogP contribution in [0.3, 0.4) is 0 Å². The number of hydrogen-bond acceptors (Lipinski definition) is 5. The number of nitrogens with zero attached hydrogens (tertiary/aromatic N) is 4. The molecule has 0 amide bonds. The zero-order valence-electron chi connectivity index (χ0n) is 19.0.